The van der Waals surface area contributed by atoms with Crippen LogP contribution in [0.5, 0.6) is 0 Å². The van der Waals surface area contributed by atoms with Crippen molar-refractivity contribution in [1.29, 1.82) is 0 Å². The summed E-state index contributed by atoms with van der Waals surface area (Å²) in [6, 6.07) is 4.22. The third kappa shape index (κ3) is 2.68. The van der Waals surface area contributed by atoms with E-state index in [1.807, 2.05) is 18.5 Å². The van der Waals surface area contributed by atoms with E-state index in [4.69, 9.17) is 4.74 Å². The molecule has 2 aromatic rings. The summed E-state index contributed by atoms with van der Waals surface area (Å²) in [6.07, 6.45) is 2.90. The second-order valence-electron chi connectivity index (χ2n) is 6.65. The number of hydrogen-bond acceptors (Lipinski definition) is 3. The second kappa shape index (κ2) is 6.30. The Labute approximate surface area is 142 Å². The van der Waals surface area contributed by atoms with E-state index in [0.29, 0.717) is 5.69 Å². The molecule has 0 N–H and O–H groups in total. The summed E-state index contributed by atoms with van der Waals surface area (Å²) in [6.45, 7) is 4.90. The molecule has 1 aromatic heterocycles. The highest BCUT2D eigenvalue weighted by Gasteiger charge is 2.28. The van der Waals surface area contributed by atoms with Crippen LogP contribution >= 0.6 is 0 Å². The zero-order chi connectivity index (χ0) is 17.4. The van der Waals surface area contributed by atoms with Gasteiger partial charge in [-0.15, -0.1) is 0 Å². The van der Waals surface area contributed by atoms with E-state index < -0.39 is 0 Å². The maximum Gasteiger partial charge on any atom is 0.325 e. The highest BCUT2D eigenvalue weighted by molar-refractivity contribution is 6.03. The largest absolute Gasteiger partial charge is 0.468 e. The van der Waals surface area contributed by atoms with Gasteiger partial charge in [0.15, 0.2) is 0 Å². The molecule has 0 radical (unpaired) electrons. The lowest BCUT2D eigenvalue weighted by atomic mass is 9.99. The minimum atomic E-state index is -0.341. The van der Waals surface area contributed by atoms with E-state index >= 15 is 0 Å². The van der Waals surface area contributed by atoms with E-state index in [0.717, 1.165) is 47.8 Å². The Hall–Kier alpha value is -2.30. The van der Waals surface area contributed by atoms with Gasteiger partial charge >= 0.3 is 5.97 Å². The van der Waals surface area contributed by atoms with Crippen molar-refractivity contribution in [2.24, 2.45) is 0 Å². The van der Waals surface area contributed by atoms with Gasteiger partial charge in [-0.3, -0.25) is 9.59 Å². The van der Waals surface area contributed by atoms with Crippen molar-refractivity contribution in [2.45, 2.75) is 39.7 Å². The number of amides is 1. The van der Waals surface area contributed by atoms with Gasteiger partial charge in [-0.05, 0) is 50.3 Å². The van der Waals surface area contributed by atoms with Crippen LogP contribution in [0.15, 0.2) is 12.1 Å². The molecule has 1 aliphatic heterocycles. The highest BCUT2D eigenvalue weighted by atomic mass is 16.5. The van der Waals surface area contributed by atoms with E-state index in [9.17, 15) is 9.59 Å². The smallest absolute Gasteiger partial charge is 0.325 e. The van der Waals surface area contributed by atoms with Gasteiger partial charge in [-0.25, -0.2) is 0 Å². The molecule has 128 valence electrons. The van der Waals surface area contributed by atoms with Gasteiger partial charge in [-0.2, -0.15) is 0 Å². The summed E-state index contributed by atoms with van der Waals surface area (Å²) in [5, 5.41) is 1.09. The van der Waals surface area contributed by atoms with Crippen LogP contribution < -0.4 is 0 Å². The summed E-state index contributed by atoms with van der Waals surface area (Å²) in [7, 11) is 3.21. The first-order valence-corrected chi connectivity index (χ1v) is 8.38. The molecule has 5 nitrogen and oxygen atoms in total. The number of aryl methyl sites for hydroxylation is 3. The molecule has 0 unspecified atom stereocenters. The summed E-state index contributed by atoms with van der Waals surface area (Å²) < 4.78 is 6.72. The number of fused-ring (bicyclic) bond motifs is 3. The molecule has 0 aliphatic carbocycles. The molecular weight excluding hydrogens is 304 g/mol. The SMILES string of the molecule is COC(=O)Cn1c2c(c3cc(C)cc(C)c31)CCCCN(C)C2=O. The number of methoxy groups -OCH3 is 1. The maximum absolute atomic E-state index is 13.0. The first-order chi connectivity index (χ1) is 11.4. The van der Waals surface area contributed by atoms with E-state index in [1.165, 1.54) is 12.7 Å². The number of esters is 1. The van der Waals surface area contributed by atoms with Gasteiger partial charge in [0, 0.05) is 19.0 Å². The number of ether oxygens (including phenoxy) is 1. The Kier molecular flexibility index (Phi) is 4.35. The van der Waals surface area contributed by atoms with Crippen molar-refractivity contribution in [3.8, 4) is 0 Å². The molecule has 5 heteroatoms. The van der Waals surface area contributed by atoms with Gasteiger partial charge in [0.05, 0.1) is 12.6 Å². The average Bonchev–Trinajstić information content (AvgIpc) is 2.82. The monoisotopic (exact) mass is 328 g/mol. The molecule has 24 heavy (non-hydrogen) atoms. The van der Waals surface area contributed by atoms with Crippen molar-refractivity contribution < 1.29 is 14.3 Å². The molecule has 0 fully saturated rings. The fourth-order valence-electron chi connectivity index (χ4n) is 3.73. The van der Waals surface area contributed by atoms with Gasteiger partial charge < -0.3 is 14.2 Å². The number of aromatic nitrogens is 1. The van der Waals surface area contributed by atoms with Crippen molar-refractivity contribution in [1.82, 2.24) is 9.47 Å². The number of carbonyl (C=O) groups is 2. The Morgan fingerprint density at radius 2 is 2.00 bits per heavy atom. The summed E-state index contributed by atoms with van der Waals surface area (Å²) >= 11 is 0. The molecule has 0 saturated carbocycles. The fourth-order valence-corrected chi connectivity index (χ4v) is 3.73. The van der Waals surface area contributed by atoms with Crippen LogP contribution in [0.25, 0.3) is 10.9 Å². The van der Waals surface area contributed by atoms with Crippen molar-refractivity contribution in [3.05, 3.63) is 34.5 Å². The van der Waals surface area contributed by atoms with Crippen molar-refractivity contribution in [2.75, 3.05) is 20.7 Å². The molecule has 0 saturated heterocycles. The van der Waals surface area contributed by atoms with Gasteiger partial charge in [-0.1, -0.05) is 11.6 Å². The predicted octanol–water partition coefficient (Wildman–Crippen LogP) is 2.84. The molecule has 2 heterocycles. The number of rotatable bonds is 2. The third-order valence-electron chi connectivity index (χ3n) is 4.83. The topological polar surface area (TPSA) is 51.5 Å². The Bertz CT molecular complexity index is 820. The second-order valence-corrected chi connectivity index (χ2v) is 6.65. The number of nitrogens with zero attached hydrogens (tertiary/aromatic N) is 2. The Morgan fingerprint density at radius 3 is 2.71 bits per heavy atom. The quantitative estimate of drug-likeness (QED) is 0.797. The van der Waals surface area contributed by atoms with Crippen LogP contribution in [0, 0.1) is 13.8 Å². The minimum Gasteiger partial charge on any atom is -0.468 e. The number of benzene rings is 1. The number of hydrogen-bond donors (Lipinski definition) is 0. The summed E-state index contributed by atoms with van der Waals surface area (Å²) in [5.41, 5.74) is 4.93. The van der Waals surface area contributed by atoms with E-state index in [-0.39, 0.29) is 18.4 Å². The maximum atomic E-state index is 13.0. The molecule has 0 bridgehead atoms. The van der Waals surface area contributed by atoms with Crippen LogP contribution in [-0.2, 0) is 22.5 Å². The molecule has 0 spiro atoms. The zero-order valence-corrected chi connectivity index (χ0v) is 14.8. The fraction of sp³-hybridized carbons (Fsp3) is 0.474. The van der Waals surface area contributed by atoms with Crippen molar-refractivity contribution in [3.63, 3.8) is 0 Å². The lowest BCUT2D eigenvalue weighted by Crippen LogP contribution is -2.32. The molecule has 1 aliphatic rings. The first kappa shape index (κ1) is 16.6. The molecule has 0 atom stereocenters. The van der Waals surface area contributed by atoms with Crippen LogP contribution in [-0.4, -0.2) is 42.0 Å². The van der Waals surface area contributed by atoms with Crippen molar-refractivity contribution >= 4 is 22.8 Å². The highest BCUT2D eigenvalue weighted by Crippen LogP contribution is 2.33. The summed E-state index contributed by atoms with van der Waals surface area (Å²) in [5.74, 6) is -0.353. The Balaban J connectivity index is 2.35. The van der Waals surface area contributed by atoms with Gasteiger partial charge in [0.25, 0.3) is 5.91 Å². The molecule has 1 amide bonds. The van der Waals surface area contributed by atoms with Crippen LogP contribution in [0.3, 0.4) is 0 Å². The first-order valence-electron chi connectivity index (χ1n) is 8.38. The standard InChI is InChI=1S/C19H24N2O3/c1-12-9-13(2)17-15(10-12)14-7-5-6-8-20(3)19(23)18(14)21(17)11-16(22)24-4/h9-10H,5-8,11H2,1-4H3. The zero-order valence-electron chi connectivity index (χ0n) is 14.8. The number of carbonyl (C=O) groups excluding carboxylic acids is 2. The molecule has 3 rings (SSSR count). The summed E-state index contributed by atoms with van der Waals surface area (Å²) in [4.78, 5) is 26.7. The molecular formula is C19H24N2O3. The van der Waals surface area contributed by atoms with Gasteiger partial charge in [0.1, 0.15) is 12.2 Å². The Morgan fingerprint density at radius 1 is 1.25 bits per heavy atom. The van der Waals surface area contributed by atoms with Crippen LogP contribution in [0.4, 0.5) is 0 Å². The normalized spacial score (nSPS) is 15.2. The van der Waals surface area contributed by atoms with Crippen LogP contribution in [0.2, 0.25) is 0 Å². The molecule has 1 aromatic carbocycles. The van der Waals surface area contributed by atoms with Crippen LogP contribution in [0.1, 0.15) is 40.0 Å². The van der Waals surface area contributed by atoms with Gasteiger partial charge in [0.2, 0.25) is 0 Å². The predicted molar refractivity (Wildman–Crippen MR) is 93.3 cm³/mol. The average molecular weight is 328 g/mol. The minimum absolute atomic E-state index is 0.0122. The van der Waals surface area contributed by atoms with E-state index in [2.05, 4.69) is 19.1 Å². The third-order valence-corrected chi connectivity index (χ3v) is 4.83. The lowest BCUT2D eigenvalue weighted by molar-refractivity contribution is -0.141. The lowest BCUT2D eigenvalue weighted by Gasteiger charge is -2.22. The van der Waals surface area contributed by atoms with E-state index in [1.54, 1.807) is 4.90 Å².